The van der Waals surface area contributed by atoms with Crippen molar-refractivity contribution >= 4 is 21.9 Å². The zero-order valence-electron chi connectivity index (χ0n) is 8.07. The van der Waals surface area contributed by atoms with Gasteiger partial charge in [-0.25, -0.2) is 4.39 Å². The van der Waals surface area contributed by atoms with E-state index in [2.05, 4.69) is 0 Å². The van der Waals surface area contributed by atoms with Gasteiger partial charge in [-0.3, -0.25) is 4.21 Å². The summed E-state index contributed by atoms with van der Waals surface area (Å²) in [5.41, 5.74) is 0. The standard InChI is InChI=1S/C10H7FO2S.Na/c11-10-8-4-2-1-3-7(8)5-6-9(10)14(12)13;/h1-6H,(H,12,13);/q;+1/p-1. The Morgan fingerprint density at radius 2 is 1.80 bits per heavy atom. The number of hydrogen-bond donors (Lipinski definition) is 0. The Labute approximate surface area is 111 Å². The van der Waals surface area contributed by atoms with Gasteiger partial charge < -0.3 is 4.55 Å². The van der Waals surface area contributed by atoms with E-state index in [1.54, 1.807) is 30.3 Å². The van der Waals surface area contributed by atoms with Crippen LogP contribution < -0.4 is 29.6 Å². The van der Waals surface area contributed by atoms with Crippen LogP contribution in [-0.2, 0) is 11.1 Å². The van der Waals surface area contributed by atoms with Crippen molar-refractivity contribution < 1.29 is 42.7 Å². The molecule has 0 saturated heterocycles. The summed E-state index contributed by atoms with van der Waals surface area (Å²) in [5.74, 6) is -0.684. The molecule has 0 aliphatic heterocycles. The van der Waals surface area contributed by atoms with Gasteiger partial charge in [-0.2, -0.15) is 0 Å². The van der Waals surface area contributed by atoms with E-state index in [0.717, 1.165) is 0 Å². The SMILES string of the molecule is O=S([O-])c1ccc2ccccc2c1F.[Na+]. The molecule has 0 saturated carbocycles. The van der Waals surface area contributed by atoms with Crippen LogP contribution in [0.3, 0.4) is 0 Å². The van der Waals surface area contributed by atoms with Crippen molar-refractivity contribution in [3.8, 4) is 0 Å². The third-order valence-corrected chi connectivity index (χ3v) is 2.68. The van der Waals surface area contributed by atoms with Crippen LogP contribution >= 0.6 is 0 Å². The van der Waals surface area contributed by atoms with Gasteiger partial charge in [-0.15, -0.1) is 0 Å². The minimum Gasteiger partial charge on any atom is -0.768 e. The summed E-state index contributed by atoms with van der Waals surface area (Å²) in [4.78, 5) is -0.288. The molecule has 1 atom stereocenters. The molecule has 0 aliphatic rings. The quantitative estimate of drug-likeness (QED) is 0.478. The molecular weight excluding hydrogens is 226 g/mol. The second kappa shape index (κ2) is 5.18. The van der Waals surface area contributed by atoms with E-state index in [0.29, 0.717) is 10.8 Å². The summed E-state index contributed by atoms with van der Waals surface area (Å²) in [7, 11) is 0. The van der Waals surface area contributed by atoms with Gasteiger partial charge in [0.05, 0.1) is 4.90 Å². The molecule has 2 aromatic rings. The number of fused-ring (bicyclic) bond motifs is 1. The maximum atomic E-state index is 13.5. The fourth-order valence-corrected chi connectivity index (χ4v) is 1.78. The molecule has 2 aromatic carbocycles. The monoisotopic (exact) mass is 232 g/mol. The molecule has 0 radical (unpaired) electrons. The molecule has 0 bridgehead atoms. The van der Waals surface area contributed by atoms with Crippen molar-refractivity contribution in [3.05, 3.63) is 42.2 Å². The normalized spacial score (nSPS) is 12.1. The van der Waals surface area contributed by atoms with Crippen LogP contribution in [0.4, 0.5) is 4.39 Å². The first-order chi connectivity index (χ1) is 6.70. The Bertz CT molecular complexity index is 516. The first-order valence-electron chi connectivity index (χ1n) is 3.96. The van der Waals surface area contributed by atoms with Crippen LogP contribution in [0.15, 0.2) is 41.3 Å². The molecular formula is C10H6FNaO2S. The van der Waals surface area contributed by atoms with Crippen LogP contribution in [0.1, 0.15) is 0 Å². The van der Waals surface area contributed by atoms with E-state index in [1.807, 2.05) is 0 Å². The maximum absolute atomic E-state index is 13.5. The molecule has 0 N–H and O–H groups in total. The van der Waals surface area contributed by atoms with E-state index in [4.69, 9.17) is 0 Å². The summed E-state index contributed by atoms with van der Waals surface area (Å²) < 4.78 is 34.8. The van der Waals surface area contributed by atoms with E-state index in [-0.39, 0.29) is 34.5 Å². The summed E-state index contributed by atoms with van der Waals surface area (Å²) in [5, 5.41) is 1.02. The van der Waals surface area contributed by atoms with E-state index >= 15 is 0 Å². The van der Waals surface area contributed by atoms with Crippen LogP contribution in [-0.4, -0.2) is 8.76 Å². The van der Waals surface area contributed by atoms with Gasteiger partial charge in [0.2, 0.25) is 0 Å². The second-order valence-corrected chi connectivity index (χ2v) is 3.74. The number of rotatable bonds is 1. The zero-order valence-corrected chi connectivity index (χ0v) is 10.9. The largest absolute Gasteiger partial charge is 1.00 e. The van der Waals surface area contributed by atoms with Crippen LogP contribution in [0, 0.1) is 5.82 Å². The average Bonchev–Trinajstić information content (AvgIpc) is 2.18. The van der Waals surface area contributed by atoms with E-state index in [1.165, 1.54) is 6.07 Å². The summed E-state index contributed by atoms with van der Waals surface area (Å²) in [6.07, 6.45) is 0. The Hall–Kier alpha value is -0.260. The predicted molar refractivity (Wildman–Crippen MR) is 51.1 cm³/mol. The van der Waals surface area contributed by atoms with E-state index < -0.39 is 16.9 Å². The third kappa shape index (κ3) is 2.46. The number of benzene rings is 2. The summed E-state index contributed by atoms with van der Waals surface area (Å²) in [6.45, 7) is 0. The summed E-state index contributed by atoms with van der Waals surface area (Å²) in [6, 6.07) is 9.58. The fraction of sp³-hybridized carbons (Fsp3) is 0. The Morgan fingerprint density at radius 1 is 1.13 bits per heavy atom. The van der Waals surface area contributed by atoms with Crippen molar-refractivity contribution in [2.45, 2.75) is 4.90 Å². The van der Waals surface area contributed by atoms with Gasteiger partial charge in [0.25, 0.3) is 0 Å². The first kappa shape index (κ1) is 12.8. The molecule has 0 aliphatic carbocycles. The van der Waals surface area contributed by atoms with Crippen molar-refractivity contribution in [2.75, 3.05) is 0 Å². The minimum absolute atomic E-state index is 0. The molecule has 0 aromatic heterocycles. The van der Waals surface area contributed by atoms with Gasteiger partial charge in [0.1, 0.15) is 5.82 Å². The Balaban J connectivity index is 0.00000112. The smallest absolute Gasteiger partial charge is 0.768 e. The zero-order chi connectivity index (χ0) is 10.1. The Kier molecular flexibility index (Phi) is 4.43. The molecule has 72 valence electrons. The minimum atomic E-state index is -2.52. The van der Waals surface area contributed by atoms with Crippen molar-refractivity contribution in [3.63, 3.8) is 0 Å². The molecule has 1 unspecified atom stereocenters. The van der Waals surface area contributed by atoms with Gasteiger partial charge in [0, 0.05) is 5.39 Å². The molecule has 2 nitrogen and oxygen atoms in total. The molecule has 0 amide bonds. The van der Waals surface area contributed by atoms with Crippen molar-refractivity contribution in [2.24, 2.45) is 0 Å². The van der Waals surface area contributed by atoms with E-state index in [9.17, 15) is 13.2 Å². The maximum Gasteiger partial charge on any atom is 1.00 e. The molecule has 0 spiro atoms. The third-order valence-electron chi connectivity index (χ3n) is 2.01. The molecule has 0 fully saturated rings. The first-order valence-corrected chi connectivity index (χ1v) is 5.04. The topological polar surface area (TPSA) is 40.1 Å². The molecule has 5 heteroatoms. The van der Waals surface area contributed by atoms with Crippen LogP contribution in [0.5, 0.6) is 0 Å². The fourth-order valence-electron chi connectivity index (χ4n) is 1.34. The van der Waals surface area contributed by atoms with Gasteiger partial charge >= 0.3 is 29.6 Å². The average molecular weight is 232 g/mol. The summed E-state index contributed by atoms with van der Waals surface area (Å²) >= 11 is -2.52. The Morgan fingerprint density at radius 3 is 2.47 bits per heavy atom. The van der Waals surface area contributed by atoms with Crippen molar-refractivity contribution in [1.29, 1.82) is 0 Å². The van der Waals surface area contributed by atoms with Crippen LogP contribution in [0.25, 0.3) is 10.8 Å². The number of halogens is 1. The second-order valence-electron chi connectivity index (χ2n) is 2.83. The predicted octanol–water partition coefficient (Wildman–Crippen LogP) is -0.779. The van der Waals surface area contributed by atoms with Crippen LogP contribution in [0.2, 0.25) is 0 Å². The molecule has 15 heavy (non-hydrogen) atoms. The van der Waals surface area contributed by atoms with Gasteiger partial charge in [-0.1, -0.05) is 30.3 Å². The molecule has 0 heterocycles. The van der Waals surface area contributed by atoms with Gasteiger partial charge in [0.15, 0.2) is 0 Å². The van der Waals surface area contributed by atoms with Gasteiger partial charge in [-0.05, 0) is 22.5 Å². The molecule has 2 rings (SSSR count). The van der Waals surface area contributed by atoms with Crippen molar-refractivity contribution in [1.82, 2.24) is 0 Å². The number of hydrogen-bond acceptors (Lipinski definition) is 2.